The molecule has 2 rings (SSSR count). The van der Waals surface area contributed by atoms with Crippen LogP contribution in [-0.2, 0) is 4.74 Å². The first-order valence-corrected chi connectivity index (χ1v) is 5.35. The molecular formula is C13H12FNO3. The van der Waals surface area contributed by atoms with Crippen LogP contribution in [0.5, 0.6) is 0 Å². The molecule has 1 aromatic carbocycles. The van der Waals surface area contributed by atoms with Crippen molar-refractivity contribution in [2.24, 2.45) is 0 Å². The molecule has 0 N–H and O–H groups in total. The highest BCUT2D eigenvalue weighted by Crippen LogP contribution is 2.28. The van der Waals surface area contributed by atoms with Crippen molar-refractivity contribution in [2.45, 2.75) is 13.8 Å². The molecule has 0 aliphatic rings. The summed E-state index contributed by atoms with van der Waals surface area (Å²) in [6, 6.07) is 4.02. The number of hydrogen-bond donors (Lipinski definition) is 0. The van der Waals surface area contributed by atoms with Crippen LogP contribution in [0, 0.1) is 19.7 Å². The molecular weight excluding hydrogens is 237 g/mol. The summed E-state index contributed by atoms with van der Waals surface area (Å²) in [7, 11) is 1.25. The number of aryl methyl sites for hydroxylation is 2. The molecule has 0 saturated heterocycles. The van der Waals surface area contributed by atoms with Crippen LogP contribution < -0.4 is 0 Å². The molecule has 0 aliphatic heterocycles. The predicted molar refractivity (Wildman–Crippen MR) is 62.7 cm³/mol. The van der Waals surface area contributed by atoms with Gasteiger partial charge in [0.15, 0.2) is 0 Å². The number of carbonyl (C=O) groups excluding carboxylic acids is 1. The van der Waals surface area contributed by atoms with E-state index in [9.17, 15) is 9.18 Å². The predicted octanol–water partition coefficient (Wildman–Crippen LogP) is 2.88. The standard InChI is InChI=1S/C13H12FNO3/c1-7-12(8(2)18-15-7)9-4-10(13(16)17-3)6-11(14)5-9/h4-6H,1-3H3. The van der Waals surface area contributed by atoms with Gasteiger partial charge >= 0.3 is 5.97 Å². The minimum atomic E-state index is -0.581. The van der Waals surface area contributed by atoms with Crippen LogP contribution in [0.15, 0.2) is 22.7 Å². The van der Waals surface area contributed by atoms with Crippen LogP contribution in [0.3, 0.4) is 0 Å². The van der Waals surface area contributed by atoms with Gasteiger partial charge in [-0.1, -0.05) is 5.16 Å². The van der Waals surface area contributed by atoms with E-state index in [1.54, 1.807) is 19.9 Å². The fourth-order valence-electron chi connectivity index (χ4n) is 1.86. The summed E-state index contributed by atoms with van der Waals surface area (Å²) in [5.74, 6) is -0.510. The van der Waals surface area contributed by atoms with Crippen LogP contribution in [0.4, 0.5) is 4.39 Å². The molecule has 4 nitrogen and oxygen atoms in total. The Kier molecular flexibility index (Phi) is 3.14. The second-order valence-corrected chi connectivity index (χ2v) is 3.92. The Bertz CT molecular complexity index is 585. The number of nitrogens with zero attached hydrogens (tertiary/aromatic N) is 1. The molecule has 0 radical (unpaired) electrons. The normalized spacial score (nSPS) is 10.4. The van der Waals surface area contributed by atoms with Crippen molar-refractivity contribution >= 4 is 5.97 Å². The number of hydrogen-bond acceptors (Lipinski definition) is 4. The number of esters is 1. The number of methoxy groups -OCH3 is 1. The van der Waals surface area contributed by atoms with Gasteiger partial charge < -0.3 is 9.26 Å². The van der Waals surface area contributed by atoms with Crippen molar-refractivity contribution in [1.82, 2.24) is 5.16 Å². The fraction of sp³-hybridized carbons (Fsp3) is 0.231. The molecule has 1 heterocycles. The smallest absolute Gasteiger partial charge is 0.337 e. The van der Waals surface area contributed by atoms with Gasteiger partial charge in [-0.2, -0.15) is 0 Å². The molecule has 0 aliphatic carbocycles. The Morgan fingerprint density at radius 2 is 2.06 bits per heavy atom. The van der Waals surface area contributed by atoms with Crippen molar-refractivity contribution in [3.8, 4) is 11.1 Å². The van der Waals surface area contributed by atoms with E-state index in [1.807, 2.05) is 0 Å². The first kappa shape index (κ1) is 12.3. The number of halogens is 1. The Hall–Kier alpha value is -2.17. The lowest BCUT2D eigenvalue weighted by Crippen LogP contribution is -2.02. The van der Waals surface area contributed by atoms with E-state index in [1.165, 1.54) is 13.2 Å². The van der Waals surface area contributed by atoms with Gasteiger partial charge in [0.2, 0.25) is 0 Å². The molecule has 0 amide bonds. The van der Waals surface area contributed by atoms with Gasteiger partial charge in [0, 0.05) is 5.56 Å². The van der Waals surface area contributed by atoms with Crippen LogP contribution >= 0.6 is 0 Å². The molecule has 2 aromatic rings. The summed E-state index contributed by atoms with van der Waals surface area (Å²) in [5.41, 5.74) is 2.05. The summed E-state index contributed by atoms with van der Waals surface area (Å²) in [5, 5.41) is 3.80. The van der Waals surface area contributed by atoms with Gasteiger partial charge in [0.25, 0.3) is 0 Å². The summed E-state index contributed by atoms with van der Waals surface area (Å²) in [4.78, 5) is 11.4. The molecule has 18 heavy (non-hydrogen) atoms. The fourth-order valence-corrected chi connectivity index (χ4v) is 1.86. The molecule has 94 valence electrons. The zero-order valence-electron chi connectivity index (χ0n) is 10.3. The van der Waals surface area contributed by atoms with E-state index in [0.717, 1.165) is 6.07 Å². The third kappa shape index (κ3) is 2.11. The number of ether oxygens (including phenoxy) is 1. The summed E-state index contributed by atoms with van der Waals surface area (Å²) in [6.07, 6.45) is 0. The van der Waals surface area contributed by atoms with Crippen LogP contribution in [-0.4, -0.2) is 18.2 Å². The van der Waals surface area contributed by atoms with Gasteiger partial charge in [-0.25, -0.2) is 9.18 Å². The molecule has 0 fully saturated rings. The lowest BCUT2D eigenvalue weighted by Gasteiger charge is -2.04. The number of benzene rings is 1. The van der Waals surface area contributed by atoms with E-state index in [4.69, 9.17) is 4.52 Å². The maximum atomic E-state index is 13.5. The Morgan fingerprint density at radius 3 is 2.61 bits per heavy atom. The topological polar surface area (TPSA) is 52.3 Å². The molecule has 0 unspecified atom stereocenters. The van der Waals surface area contributed by atoms with E-state index in [0.29, 0.717) is 22.6 Å². The first-order chi connectivity index (χ1) is 8.52. The highest BCUT2D eigenvalue weighted by molar-refractivity contribution is 5.91. The minimum absolute atomic E-state index is 0.160. The van der Waals surface area contributed by atoms with Gasteiger partial charge in [-0.3, -0.25) is 0 Å². The van der Waals surface area contributed by atoms with E-state index < -0.39 is 11.8 Å². The van der Waals surface area contributed by atoms with Crippen LogP contribution in [0.1, 0.15) is 21.8 Å². The largest absolute Gasteiger partial charge is 0.465 e. The zero-order chi connectivity index (χ0) is 13.3. The SMILES string of the molecule is COC(=O)c1cc(F)cc(-c2c(C)noc2C)c1. The lowest BCUT2D eigenvalue weighted by atomic mass is 10.0. The Balaban J connectivity index is 2.59. The third-order valence-electron chi connectivity index (χ3n) is 2.64. The zero-order valence-corrected chi connectivity index (χ0v) is 10.3. The molecule has 5 heteroatoms. The first-order valence-electron chi connectivity index (χ1n) is 5.35. The Morgan fingerprint density at radius 1 is 1.33 bits per heavy atom. The molecule has 1 aromatic heterocycles. The summed E-state index contributed by atoms with van der Waals surface area (Å²) < 4.78 is 23.1. The van der Waals surface area contributed by atoms with Crippen molar-refractivity contribution in [2.75, 3.05) is 7.11 Å². The van der Waals surface area contributed by atoms with Gasteiger partial charge in [0.1, 0.15) is 11.6 Å². The number of aromatic nitrogens is 1. The third-order valence-corrected chi connectivity index (χ3v) is 2.64. The van der Waals surface area contributed by atoms with E-state index >= 15 is 0 Å². The van der Waals surface area contributed by atoms with Crippen LogP contribution in [0.2, 0.25) is 0 Å². The van der Waals surface area contributed by atoms with E-state index in [-0.39, 0.29) is 5.56 Å². The quantitative estimate of drug-likeness (QED) is 0.768. The highest BCUT2D eigenvalue weighted by Gasteiger charge is 2.15. The summed E-state index contributed by atoms with van der Waals surface area (Å²) >= 11 is 0. The average Bonchev–Trinajstić information content (AvgIpc) is 2.67. The second-order valence-electron chi connectivity index (χ2n) is 3.92. The maximum Gasteiger partial charge on any atom is 0.337 e. The van der Waals surface area contributed by atoms with Gasteiger partial charge in [-0.15, -0.1) is 0 Å². The highest BCUT2D eigenvalue weighted by atomic mass is 19.1. The van der Waals surface area contributed by atoms with Crippen molar-refractivity contribution < 1.29 is 18.4 Å². The van der Waals surface area contributed by atoms with Crippen molar-refractivity contribution in [3.63, 3.8) is 0 Å². The molecule has 0 saturated carbocycles. The number of rotatable bonds is 2. The minimum Gasteiger partial charge on any atom is -0.465 e. The molecule has 0 spiro atoms. The molecule has 0 bridgehead atoms. The van der Waals surface area contributed by atoms with Gasteiger partial charge in [-0.05, 0) is 37.6 Å². The average molecular weight is 249 g/mol. The van der Waals surface area contributed by atoms with E-state index in [2.05, 4.69) is 9.89 Å². The van der Waals surface area contributed by atoms with Crippen molar-refractivity contribution in [1.29, 1.82) is 0 Å². The Labute approximate surface area is 103 Å². The maximum absolute atomic E-state index is 13.5. The lowest BCUT2D eigenvalue weighted by molar-refractivity contribution is 0.0600. The summed E-state index contributed by atoms with van der Waals surface area (Å²) in [6.45, 7) is 3.49. The monoisotopic (exact) mass is 249 g/mol. The number of carbonyl (C=O) groups is 1. The van der Waals surface area contributed by atoms with Crippen molar-refractivity contribution in [3.05, 3.63) is 41.0 Å². The molecule has 0 atom stereocenters. The second kappa shape index (κ2) is 4.60. The van der Waals surface area contributed by atoms with Gasteiger partial charge in [0.05, 0.1) is 18.4 Å². The van der Waals surface area contributed by atoms with Crippen LogP contribution in [0.25, 0.3) is 11.1 Å².